The summed E-state index contributed by atoms with van der Waals surface area (Å²) in [5.41, 5.74) is 0.0133. The number of hydrogen-bond donors (Lipinski definition) is 0. The van der Waals surface area contributed by atoms with Crippen molar-refractivity contribution in [1.29, 1.82) is 0 Å². The quantitative estimate of drug-likeness (QED) is 0.470. The van der Waals surface area contributed by atoms with Crippen LogP contribution in [0.3, 0.4) is 0 Å². The number of aryl methyl sites for hydroxylation is 1. The molecule has 0 radical (unpaired) electrons. The summed E-state index contributed by atoms with van der Waals surface area (Å²) < 4.78 is 34.6. The summed E-state index contributed by atoms with van der Waals surface area (Å²) in [6.07, 6.45) is 2.74. The number of hydrogen-bond acceptors (Lipinski definition) is 6. The third-order valence-electron chi connectivity index (χ3n) is 5.34. The fraction of sp³-hybridized carbons (Fsp3) is 0.409. The molecule has 0 spiro atoms. The molecule has 8 nitrogen and oxygen atoms in total. The number of nitrogens with zero attached hydrogens (tertiary/aromatic N) is 5. The van der Waals surface area contributed by atoms with E-state index in [-0.39, 0.29) is 24.9 Å². The Morgan fingerprint density at radius 2 is 1.82 bits per heavy atom. The van der Waals surface area contributed by atoms with Gasteiger partial charge in [-0.3, -0.25) is 13.9 Å². The fourth-order valence-corrected chi connectivity index (χ4v) is 4.00. The van der Waals surface area contributed by atoms with Crippen LogP contribution in [0.25, 0.3) is 0 Å². The molecule has 1 aromatic carbocycles. The second kappa shape index (κ2) is 9.78. The number of aromatic nitrogens is 4. The van der Waals surface area contributed by atoms with Crippen molar-refractivity contribution < 1.29 is 13.3 Å². The van der Waals surface area contributed by atoms with Crippen molar-refractivity contribution in [2.45, 2.75) is 58.5 Å². The molecule has 1 aliphatic rings. The van der Waals surface area contributed by atoms with Gasteiger partial charge in [-0.15, -0.1) is 0 Å². The number of benzene rings is 1. The monoisotopic (exact) mass is 477 g/mol. The highest BCUT2D eigenvalue weighted by Gasteiger charge is 2.24. The Morgan fingerprint density at radius 3 is 2.55 bits per heavy atom. The lowest BCUT2D eigenvalue weighted by molar-refractivity contribution is 0.366. The van der Waals surface area contributed by atoms with Crippen molar-refractivity contribution in [1.82, 2.24) is 19.3 Å². The van der Waals surface area contributed by atoms with Gasteiger partial charge in [-0.2, -0.15) is 4.98 Å². The first-order valence-electron chi connectivity index (χ1n) is 10.7. The zero-order valence-electron chi connectivity index (χ0n) is 18.0. The molecule has 0 amide bonds. The largest absolute Gasteiger partial charge is 0.339 e. The van der Waals surface area contributed by atoms with E-state index in [1.54, 1.807) is 0 Å². The van der Waals surface area contributed by atoms with E-state index in [9.17, 15) is 18.4 Å². The van der Waals surface area contributed by atoms with E-state index >= 15 is 0 Å². The molecule has 4 rings (SSSR count). The van der Waals surface area contributed by atoms with E-state index in [1.807, 2.05) is 6.92 Å². The van der Waals surface area contributed by atoms with Crippen molar-refractivity contribution >= 4 is 22.6 Å². The summed E-state index contributed by atoms with van der Waals surface area (Å²) >= 11 is 6.04. The molecule has 174 valence electrons. The minimum Gasteiger partial charge on any atom is -0.339 e. The molecule has 0 aliphatic carbocycles. The van der Waals surface area contributed by atoms with Crippen LogP contribution in [0.4, 0.5) is 14.6 Å². The number of aliphatic imine (C=N–C) groups is 1. The number of unbranched alkanes of at least 4 members (excludes halogenated alkanes) is 1. The molecule has 33 heavy (non-hydrogen) atoms. The molecule has 0 fully saturated rings. The van der Waals surface area contributed by atoms with Gasteiger partial charge in [-0.25, -0.2) is 18.6 Å². The minimum atomic E-state index is -0.676. The lowest BCUT2D eigenvalue weighted by Gasteiger charge is -2.13. The zero-order valence-corrected chi connectivity index (χ0v) is 18.7. The maximum absolute atomic E-state index is 13.4. The van der Waals surface area contributed by atoms with E-state index in [0.717, 1.165) is 18.9 Å². The molecular weight excluding hydrogens is 456 g/mol. The second-order valence-corrected chi connectivity index (χ2v) is 8.31. The highest BCUT2D eigenvalue weighted by atomic mass is 35.5. The summed E-state index contributed by atoms with van der Waals surface area (Å²) in [5.74, 6) is -0.392. The number of fused-ring (bicyclic) bond motifs is 1. The molecule has 1 aliphatic heterocycles. The number of rotatable bonds is 9. The average Bonchev–Trinajstić information content (AvgIpc) is 3.36. The van der Waals surface area contributed by atoms with Crippen LogP contribution in [0.1, 0.15) is 49.0 Å². The Kier molecular flexibility index (Phi) is 6.83. The highest BCUT2D eigenvalue weighted by Crippen LogP contribution is 2.24. The molecule has 3 heterocycles. The Balaban J connectivity index is 1.46. The first-order valence-corrected chi connectivity index (χ1v) is 11.1. The van der Waals surface area contributed by atoms with Crippen LogP contribution in [-0.4, -0.2) is 24.4 Å². The van der Waals surface area contributed by atoms with Gasteiger partial charge in [-0.1, -0.05) is 30.1 Å². The molecular formula is C22H22ClF2N5O3. The van der Waals surface area contributed by atoms with E-state index in [4.69, 9.17) is 16.1 Å². The predicted molar refractivity (Wildman–Crippen MR) is 118 cm³/mol. The summed E-state index contributed by atoms with van der Waals surface area (Å²) in [4.78, 5) is 34.3. The Labute approximate surface area is 192 Å². The fourth-order valence-electron chi connectivity index (χ4n) is 3.79. The SMILES string of the molecule is CCCCn1c2c(c(=O)n(CCCc3nc(Cc4cc(F)cc(F)c4)no3)c1=O)CC(Cl)=N2. The van der Waals surface area contributed by atoms with Crippen LogP contribution in [0.2, 0.25) is 0 Å². The molecule has 0 unspecified atom stereocenters. The molecule has 2 aromatic heterocycles. The van der Waals surface area contributed by atoms with E-state index in [2.05, 4.69) is 15.1 Å². The molecule has 11 heteroatoms. The van der Waals surface area contributed by atoms with Crippen LogP contribution in [0.15, 0.2) is 37.3 Å². The summed E-state index contributed by atoms with van der Waals surface area (Å²) in [7, 11) is 0. The third-order valence-corrected chi connectivity index (χ3v) is 5.56. The van der Waals surface area contributed by atoms with Gasteiger partial charge >= 0.3 is 5.69 Å². The highest BCUT2D eigenvalue weighted by molar-refractivity contribution is 6.66. The smallest absolute Gasteiger partial charge is 0.332 e. The third kappa shape index (κ3) is 5.11. The Hall–Kier alpha value is -3.14. The molecule has 0 saturated heterocycles. The first-order chi connectivity index (χ1) is 15.9. The molecule has 0 saturated carbocycles. The van der Waals surface area contributed by atoms with Gasteiger partial charge in [0.05, 0.1) is 5.56 Å². The van der Waals surface area contributed by atoms with E-state index < -0.39 is 17.3 Å². The lowest BCUT2D eigenvalue weighted by Crippen LogP contribution is -2.41. The molecule has 3 aromatic rings. The van der Waals surface area contributed by atoms with Crippen LogP contribution >= 0.6 is 11.6 Å². The summed E-state index contributed by atoms with van der Waals surface area (Å²) in [6.45, 7) is 2.64. The lowest BCUT2D eigenvalue weighted by atomic mass is 10.1. The van der Waals surface area contributed by atoms with Gasteiger partial charge in [0.25, 0.3) is 5.56 Å². The normalized spacial score (nSPS) is 12.8. The Morgan fingerprint density at radius 1 is 1.09 bits per heavy atom. The molecule has 0 atom stereocenters. The van der Waals surface area contributed by atoms with E-state index in [0.29, 0.717) is 53.2 Å². The topological polar surface area (TPSA) is 95.3 Å². The van der Waals surface area contributed by atoms with Crippen molar-refractivity contribution in [2.24, 2.45) is 4.99 Å². The van der Waals surface area contributed by atoms with Gasteiger partial charge in [0.15, 0.2) is 5.82 Å². The summed E-state index contributed by atoms with van der Waals surface area (Å²) in [5, 5.41) is 4.13. The van der Waals surface area contributed by atoms with Gasteiger partial charge in [0.1, 0.15) is 22.6 Å². The van der Waals surface area contributed by atoms with Gasteiger partial charge in [-0.05, 0) is 30.5 Å². The van der Waals surface area contributed by atoms with Crippen LogP contribution in [0, 0.1) is 11.6 Å². The Bertz CT molecular complexity index is 1310. The summed E-state index contributed by atoms with van der Waals surface area (Å²) in [6, 6.07) is 3.21. The van der Waals surface area contributed by atoms with Gasteiger partial charge in [0.2, 0.25) is 5.89 Å². The van der Waals surface area contributed by atoms with Crippen molar-refractivity contribution in [3.05, 3.63) is 73.5 Å². The van der Waals surface area contributed by atoms with Crippen LogP contribution in [0.5, 0.6) is 0 Å². The van der Waals surface area contributed by atoms with Crippen molar-refractivity contribution in [2.75, 3.05) is 0 Å². The van der Waals surface area contributed by atoms with Gasteiger partial charge < -0.3 is 4.52 Å². The van der Waals surface area contributed by atoms with E-state index in [1.165, 1.54) is 21.3 Å². The average molecular weight is 478 g/mol. The maximum Gasteiger partial charge on any atom is 0.332 e. The minimum absolute atomic E-state index is 0.116. The molecule has 0 bridgehead atoms. The van der Waals surface area contributed by atoms with Crippen LogP contribution in [-0.2, 0) is 32.4 Å². The maximum atomic E-state index is 13.4. The zero-order chi connectivity index (χ0) is 23.5. The first kappa shape index (κ1) is 23.0. The standard InChI is InChI=1S/C22H22ClF2N5O3/c1-2-3-6-29-20-16(12-17(23)26-20)21(31)30(22(29)32)7-4-5-19-27-18(28-33-19)10-13-8-14(24)11-15(25)9-13/h8-9,11H,2-7,10,12H2,1H3. The van der Waals surface area contributed by atoms with Crippen molar-refractivity contribution in [3.63, 3.8) is 0 Å². The number of halogens is 3. The van der Waals surface area contributed by atoms with Crippen LogP contribution < -0.4 is 11.2 Å². The second-order valence-electron chi connectivity index (χ2n) is 7.87. The molecule has 0 N–H and O–H groups in total. The van der Waals surface area contributed by atoms with Crippen molar-refractivity contribution in [3.8, 4) is 0 Å². The predicted octanol–water partition coefficient (Wildman–Crippen LogP) is 3.52. The van der Waals surface area contributed by atoms with Gasteiger partial charge in [0, 0.05) is 38.4 Å².